The molecule has 1 N–H and O–H groups in total. The van der Waals surface area contributed by atoms with Gasteiger partial charge in [-0.15, -0.1) is 0 Å². The van der Waals surface area contributed by atoms with Gasteiger partial charge in [-0.3, -0.25) is 0 Å². The van der Waals surface area contributed by atoms with E-state index in [0.717, 1.165) is 10.0 Å². The second-order valence-electron chi connectivity index (χ2n) is 3.26. The highest BCUT2D eigenvalue weighted by molar-refractivity contribution is 8.23. The number of benzene rings is 1. The Morgan fingerprint density at radius 1 is 1.43 bits per heavy atom. The summed E-state index contributed by atoms with van der Waals surface area (Å²) in [4.78, 5) is 1.79. The van der Waals surface area contributed by atoms with Crippen LogP contribution in [0.1, 0.15) is 5.56 Å². The smallest absolute Gasteiger partial charge is 0.143 e. The molecule has 14 heavy (non-hydrogen) atoms. The van der Waals surface area contributed by atoms with Gasteiger partial charge in [0.15, 0.2) is 0 Å². The molecule has 2 nitrogen and oxygen atoms in total. The topological polar surface area (TPSA) is 23.5 Å². The van der Waals surface area contributed by atoms with Gasteiger partial charge in [-0.2, -0.15) is 0 Å². The van der Waals surface area contributed by atoms with E-state index in [1.165, 1.54) is 17.3 Å². The van der Waals surface area contributed by atoms with Crippen molar-refractivity contribution in [2.75, 3.05) is 10.7 Å². The number of rotatable bonds is 1. The van der Waals surface area contributed by atoms with E-state index in [1.807, 2.05) is 31.2 Å². The average Bonchev–Trinajstić information content (AvgIpc) is 2.49. The third-order valence-corrected chi connectivity index (χ3v) is 3.62. The molecule has 1 heterocycles. The minimum absolute atomic E-state index is 0.477. The summed E-state index contributed by atoms with van der Waals surface area (Å²) in [5.74, 6) is 0.659. The van der Waals surface area contributed by atoms with Crippen molar-refractivity contribution in [2.45, 2.75) is 13.2 Å². The Hall–Kier alpha value is -0.580. The molecule has 4 heteroatoms. The van der Waals surface area contributed by atoms with Gasteiger partial charge in [0, 0.05) is 11.4 Å². The van der Waals surface area contributed by atoms with Crippen molar-refractivity contribution in [1.82, 2.24) is 0 Å². The Morgan fingerprint density at radius 3 is 2.57 bits per heavy atom. The summed E-state index contributed by atoms with van der Waals surface area (Å²) in [5.41, 5.74) is 2.18. The molecule has 2 rings (SSSR count). The fourth-order valence-corrected chi connectivity index (χ4v) is 2.63. The van der Waals surface area contributed by atoms with Crippen molar-refractivity contribution in [2.24, 2.45) is 0 Å². The molecule has 1 aliphatic rings. The van der Waals surface area contributed by atoms with Crippen LogP contribution in [-0.4, -0.2) is 21.4 Å². The van der Waals surface area contributed by atoms with E-state index in [9.17, 15) is 5.11 Å². The lowest BCUT2D eigenvalue weighted by atomic mass is 10.2. The summed E-state index contributed by atoms with van der Waals surface area (Å²) in [5, 5.41) is 9.70. The van der Waals surface area contributed by atoms with Crippen molar-refractivity contribution in [3.8, 4) is 0 Å². The van der Waals surface area contributed by atoms with E-state index in [-0.39, 0.29) is 0 Å². The molecule has 1 saturated heterocycles. The predicted octanol–water partition coefficient (Wildman–Crippen LogP) is 2.15. The Labute approximate surface area is 92.9 Å². The fraction of sp³-hybridized carbons (Fsp3) is 0.300. The lowest BCUT2D eigenvalue weighted by Crippen LogP contribution is -2.32. The largest absolute Gasteiger partial charge is 0.372 e. The first-order valence-corrected chi connectivity index (χ1v) is 5.78. The van der Waals surface area contributed by atoms with Crippen molar-refractivity contribution in [3.63, 3.8) is 0 Å². The highest BCUT2D eigenvalue weighted by atomic mass is 32.2. The van der Waals surface area contributed by atoms with Gasteiger partial charge in [-0.25, -0.2) is 0 Å². The quantitative estimate of drug-likeness (QED) is 0.740. The number of hydrogen-bond acceptors (Lipinski definition) is 3. The summed E-state index contributed by atoms with van der Waals surface area (Å²) >= 11 is 6.68. The molecule has 0 bridgehead atoms. The number of hydrogen-bond donors (Lipinski definition) is 1. The number of nitrogens with zero attached hydrogens (tertiary/aromatic N) is 1. The zero-order valence-corrected chi connectivity index (χ0v) is 9.44. The number of aryl methyl sites for hydroxylation is 1. The molecule has 0 unspecified atom stereocenters. The standard InChI is InChI=1S/C10H11NOS2/c1-7-2-4-8(5-3-7)11-9(12)6-14-10(11)13/h2-5,9,12H,6H2,1H3/t9-/m1/s1. The van der Waals surface area contributed by atoms with Gasteiger partial charge in [0.2, 0.25) is 0 Å². The van der Waals surface area contributed by atoms with E-state index < -0.39 is 6.23 Å². The maximum Gasteiger partial charge on any atom is 0.143 e. The lowest BCUT2D eigenvalue weighted by Gasteiger charge is -2.21. The summed E-state index contributed by atoms with van der Waals surface area (Å²) in [6.45, 7) is 2.04. The second kappa shape index (κ2) is 3.88. The van der Waals surface area contributed by atoms with Crippen molar-refractivity contribution >= 4 is 34.0 Å². The van der Waals surface area contributed by atoms with E-state index in [0.29, 0.717) is 5.75 Å². The van der Waals surface area contributed by atoms with Gasteiger partial charge < -0.3 is 10.0 Å². The summed E-state index contributed by atoms with van der Waals surface area (Å²) in [7, 11) is 0. The Morgan fingerprint density at radius 2 is 2.07 bits per heavy atom. The first-order chi connectivity index (χ1) is 6.68. The highest BCUT2D eigenvalue weighted by Crippen LogP contribution is 2.29. The van der Waals surface area contributed by atoms with Gasteiger partial charge >= 0.3 is 0 Å². The molecule has 0 radical (unpaired) electrons. The third-order valence-electron chi connectivity index (χ3n) is 2.16. The van der Waals surface area contributed by atoms with Crippen molar-refractivity contribution in [1.29, 1.82) is 0 Å². The first kappa shape index (κ1) is 9.96. The summed E-state index contributed by atoms with van der Waals surface area (Å²) < 4.78 is 0.751. The van der Waals surface area contributed by atoms with E-state index in [2.05, 4.69) is 0 Å². The normalized spacial score (nSPS) is 21.7. The summed E-state index contributed by atoms with van der Waals surface area (Å²) in [6, 6.07) is 8.01. The molecule has 1 atom stereocenters. The SMILES string of the molecule is Cc1ccc(N2C(=S)SC[C@H]2O)cc1. The number of aliphatic hydroxyl groups excluding tert-OH is 1. The van der Waals surface area contributed by atoms with Crippen molar-refractivity contribution in [3.05, 3.63) is 29.8 Å². The van der Waals surface area contributed by atoms with Gasteiger partial charge in [0.25, 0.3) is 0 Å². The molecular weight excluding hydrogens is 214 g/mol. The molecule has 1 aromatic carbocycles. The van der Waals surface area contributed by atoms with Crippen LogP contribution in [0, 0.1) is 6.92 Å². The number of anilines is 1. The van der Waals surface area contributed by atoms with Gasteiger partial charge in [0.1, 0.15) is 10.5 Å². The maximum absolute atomic E-state index is 9.70. The van der Waals surface area contributed by atoms with Crippen LogP contribution in [0.3, 0.4) is 0 Å². The van der Waals surface area contributed by atoms with Gasteiger partial charge in [-0.05, 0) is 19.1 Å². The molecule has 1 aromatic rings. The predicted molar refractivity (Wildman–Crippen MR) is 64.7 cm³/mol. The molecule has 0 amide bonds. The molecule has 0 saturated carbocycles. The number of thiocarbonyl (C=S) groups is 1. The zero-order valence-electron chi connectivity index (χ0n) is 7.80. The zero-order chi connectivity index (χ0) is 10.1. The molecule has 0 aromatic heterocycles. The minimum atomic E-state index is -0.477. The monoisotopic (exact) mass is 225 g/mol. The Bertz CT molecular complexity index is 350. The minimum Gasteiger partial charge on any atom is -0.372 e. The average molecular weight is 225 g/mol. The van der Waals surface area contributed by atoms with Gasteiger partial charge in [0.05, 0.1) is 0 Å². The molecule has 1 aliphatic heterocycles. The Balaban J connectivity index is 2.30. The van der Waals surface area contributed by atoms with Crippen LogP contribution in [0.5, 0.6) is 0 Å². The molecule has 74 valence electrons. The van der Waals surface area contributed by atoms with Crippen LogP contribution in [0.4, 0.5) is 5.69 Å². The van der Waals surface area contributed by atoms with E-state index in [4.69, 9.17) is 12.2 Å². The molecular formula is C10H11NOS2. The second-order valence-corrected chi connectivity index (χ2v) is 4.92. The van der Waals surface area contributed by atoms with Crippen LogP contribution in [0.2, 0.25) is 0 Å². The first-order valence-electron chi connectivity index (χ1n) is 4.39. The van der Waals surface area contributed by atoms with Crippen LogP contribution in [0.15, 0.2) is 24.3 Å². The third kappa shape index (κ3) is 1.78. The van der Waals surface area contributed by atoms with Crippen LogP contribution in [-0.2, 0) is 0 Å². The Kier molecular flexibility index (Phi) is 2.76. The van der Waals surface area contributed by atoms with Crippen LogP contribution in [0.25, 0.3) is 0 Å². The van der Waals surface area contributed by atoms with Crippen molar-refractivity contribution < 1.29 is 5.11 Å². The maximum atomic E-state index is 9.70. The molecule has 0 spiro atoms. The van der Waals surface area contributed by atoms with Crippen LogP contribution < -0.4 is 4.90 Å². The van der Waals surface area contributed by atoms with Crippen LogP contribution >= 0.6 is 24.0 Å². The highest BCUT2D eigenvalue weighted by Gasteiger charge is 2.27. The number of aliphatic hydroxyl groups is 1. The molecule has 1 fully saturated rings. The van der Waals surface area contributed by atoms with E-state index >= 15 is 0 Å². The fourth-order valence-electron chi connectivity index (χ4n) is 1.39. The number of thioether (sulfide) groups is 1. The summed E-state index contributed by atoms with van der Waals surface area (Å²) in [6.07, 6.45) is -0.477. The van der Waals surface area contributed by atoms with Gasteiger partial charge in [-0.1, -0.05) is 41.7 Å². The van der Waals surface area contributed by atoms with E-state index in [1.54, 1.807) is 4.90 Å². The molecule has 0 aliphatic carbocycles. The lowest BCUT2D eigenvalue weighted by molar-refractivity contribution is 0.213.